The normalized spacial score (nSPS) is 18.8. The molecule has 2 aliphatic rings. The summed E-state index contributed by atoms with van der Waals surface area (Å²) in [5.74, 6) is 0.150. The molecule has 0 saturated carbocycles. The van der Waals surface area contributed by atoms with E-state index in [9.17, 15) is 5.11 Å². The van der Waals surface area contributed by atoms with Crippen LogP contribution in [0.1, 0.15) is 75.3 Å². The van der Waals surface area contributed by atoms with Gasteiger partial charge in [0.15, 0.2) is 0 Å². The summed E-state index contributed by atoms with van der Waals surface area (Å²) in [7, 11) is 0. The standard InChI is InChI=1S/C39H43N3OSe2/c1-3-5-7-16-24-41-32-20-12-14-22-34(32)44-36(41)26-30-38(40-28-29-18-10-9-11-19-29)31(39(30)43)27-37-42(25-17-8-6-4-2)33-21-13-15-23-35(33)45-37/h9-15,18-23,26-27H,3-8,16-17,24-25,28H2,1-2H3/p+1. The molecule has 1 N–H and O–H groups in total. The molecule has 2 heterocycles. The predicted molar refractivity (Wildman–Crippen MR) is 187 cm³/mol. The predicted octanol–water partition coefficient (Wildman–Crippen LogP) is 5.40. The number of quaternary nitrogens is 1. The van der Waals surface area contributed by atoms with Gasteiger partial charge in [-0.25, -0.2) is 0 Å². The molecule has 0 amide bonds. The molecule has 3 aromatic carbocycles. The number of benzene rings is 3. The van der Waals surface area contributed by atoms with E-state index in [2.05, 4.69) is 103 Å². The third kappa shape index (κ3) is 7.38. The SMILES string of the molecule is CCCCCC[n+]1c(C=C2C(=NCc3ccccc3)C(C=C3[Se]c4ccccc4[NH+]3CCCCCC)=C2[O-])[se]c2ccccc21. The minimum absolute atomic E-state index is 0.150. The van der Waals surface area contributed by atoms with Crippen molar-refractivity contribution in [3.05, 3.63) is 117 Å². The molecule has 232 valence electrons. The first kappa shape index (κ1) is 32.0. The van der Waals surface area contributed by atoms with Gasteiger partial charge in [-0.3, -0.25) is 0 Å². The fraction of sp³-hybridized carbons (Fsp3) is 0.333. The molecule has 6 heteroatoms. The zero-order valence-electron chi connectivity index (χ0n) is 26.6. The number of nitrogens with one attached hydrogen (secondary N) is 1. The van der Waals surface area contributed by atoms with E-state index in [0.717, 1.165) is 36.4 Å². The van der Waals surface area contributed by atoms with E-state index < -0.39 is 0 Å². The molecule has 1 aliphatic heterocycles. The van der Waals surface area contributed by atoms with Crippen LogP contribution in [0.2, 0.25) is 0 Å². The van der Waals surface area contributed by atoms with Crippen molar-refractivity contribution < 1.29 is 14.6 Å². The number of unbranched alkanes of at least 4 members (excludes halogenated alkanes) is 6. The van der Waals surface area contributed by atoms with E-state index in [1.807, 2.05) is 6.07 Å². The molecular weight excluding hydrogens is 684 g/mol. The van der Waals surface area contributed by atoms with Gasteiger partial charge in [-0.1, -0.05) is 0 Å². The summed E-state index contributed by atoms with van der Waals surface area (Å²) in [4.78, 5) is 6.59. The maximum absolute atomic E-state index is 14.1. The summed E-state index contributed by atoms with van der Waals surface area (Å²) in [6, 6.07) is 28.1. The zero-order chi connectivity index (χ0) is 31.0. The Hall–Kier alpha value is -2.98. The fourth-order valence-corrected chi connectivity index (χ4v) is 11.1. The van der Waals surface area contributed by atoms with Crippen LogP contribution in [0.25, 0.3) is 15.9 Å². The minimum atomic E-state index is 0.150. The number of aliphatic imine (C=N–C) groups is 1. The van der Waals surface area contributed by atoms with Gasteiger partial charge < -0.3 is 0 Å². The van der Waals surface area contributed by atoms with Gasteiger partial charge in [-0.05, 0) is 0 Å². The molecule has 0 fully saturated rings. The number of aryl methyl sites for hydroxylation is 1. The number of rotatable bonds is 14. The van der Waals surface area contributed by atoms with Crippen molar-refractivity contribution in [1.82, 2.24) is 0 Å². The van der Waals surface area contributed by atoms with Crippen molar-refractivity contribution in [2.75, 3.05) is 6.54 Å². The molecule has 4 aromatic rings. The third-order valence-corrected chi connectivity index (χ3v) is 13.5. The van der Waals surface area contributed by atoms with Gasteiger partial charge in [0, 0.05) is 0 Å². The molecular formula is C39H44N3OSe2+. The second-order valence-electron chi connectivity index (χ2n) is 12.0. The van der Waals surface area contributed by atoms with Crippen molar-refractivity contribution in [3.8, 4) is 0 Å². The van der Waals surface area contributed by atoms with Gasteiger partial charge in [0.2, 0.25) is 0 Å². The van der Waals surface area contributed by atoms with Crippen molar-refractivity contribution in [1.29, 1.82) is 0 Å². The van der Waals surface area contributed by atoms with E-state index in [1.54, 1.807) is 0 Å². The number of para-hydroxylation sites is 2. The molecule has 45 heavy (non-hydrogen) atoms. The summed E-state index contributed by atoms with van der Waals surface area (Å²) in [5, 5.41) is 14.1. The number of nitrogens with zero attached hydrogens (tertiary/aromatic N) is 2. The molecule has 0 spiro atoms. The van der Waals surface area contributed by atoms with Crippen LogP contribution in [0.4, 0.5) is 5.69 Å². The molecule has 1 atom stereocenters. The Kier molecular flexibility index (Phi) is 11.0. The van der Waals surface area contributed by atoms with E-state index in [1.165, 1.54) is 84.5 Å². The first-order valence-electron chi connectivity index (χ1n) is 16.7. The number of allylic oxidation sites excluding steroid dienone is 3. The second kappa shape index (κ2) is 15.5. The summed E-state index contributed by atoms with van der Waals surface area (Å²) < 4.78 is 7.96. The summed E-state index contributed by atoms with van der Waals surface area (Å²) in [6.45, 7) is 7.18. The Balaban J connectivity index is 1.38. The van der Waals surface area contributed by atoms with Crippen LogP contribution in [-0.2, 0) is 13.1 Å². The third-order valence-electron chi connectivity index (χ3n) is 8.69. The van der Waals surface area contributed by atoms with E-state index in [-0.39, 0.29) is 35.2 Å². The first-order valence-corrected chi connectivity index (χ1v) is 20.1. The number of fused-ring (bicyclic) bond motifs is 2. The van der Waals surface area contributed by atoms with Crippen LogP contribution in [0, 0.1) is 0 Å². The quantitative estimate of drug-likeness (QED) is 0.106. The molecule has 1 unspecified atom stereocenters. The Morgan fingerprint density at radius 3 is 2.36 bits per heavy atom. The monoisotopic (exact) mass is 730 g/mol. The van der Waals surface area contributed by atoms with Crippen molar-refractivity contribution in [2.24, 2.45) is 4.99 Å². The zero-order valence-corrected chi connectivity index (χ0v) is 30.0. The summed E-state index contributed by atoms with van der Waals surface area (Å²) in [6.07, 6.45) is 14.3. The Morgan fingerprint density at radius 1 is 0.800 bits per heavy atom. The molecule has 6 rings (SSSR count). The van der Waals surface area contributed by atoms with Gasteiger partial charge in [0.05, 0.1) is 0 Å². The van der Waals surface area contributed by atoms with Crippen molar-refractivity contribution in [3.63, 3.8) is 0 Å². The Morgan fingerprint density at radius 2 is 1.53 bits per heavy atom. The van der Waals surface area contributed by atoms with Gasteiger partial charge in [-0.2, -0.15) is 0 Å². The van der Waals surface area contributed by atoms with E-state index >= 15 is 0 Å². The molecule has 0 saturated heterocycles. The summed E-state index contributed by atoms with van der Waals surface area (Å²) in [5.41, 5.74) is 6.35. The van der Waals surface area contributed by atoms with Crippen LogP contribution < -0.4 is 19.0 Å². The first-order chi connectivity index (χ1) is 22.2. The average Bonchev–Trinajstić information content (AvgIpc) is 3.61. The number of hydrogen-bond donors (Lipinski definition) is 1. The van der Waals surface area contributed by atoms with Crippen LogP contribution in [0.15, 0.2) is 111 Å². The van der Waals surface area contributed by atoms with Gasteiger partial charge in [0.25, 0.3) is 0 Å². The number of hydrogen-bond acceptors (Lipinski definition) is 2. The Labute approximate surface area is 280 Å². The molecule has 0 bridgehead atoms. The summed E-state index contributed by atoms with van der Waals surface area (Å²) >= 11 is 0.372. The second-order valence-corrected chi connectivity index (χ2v) is 16.5. The van der Waals surface area contributed by atoms with E-state index in [0.29, 0.717) is 6.54 Å². The number of aromatic nitrogens is 1. The van der Waals surface area contributed by atoms with Crippen LogP contribution >= 0.6 is 0 Å². The van der Waals surface area contributed by atoms with Gasteiger partial charge >= 0.3 is 282 Å². The fourth-order valence-electron chi connectivity index (χ4n) is 6.20. The van der Waals surface area contributed by atoms with Crippen LogP contribution in [0.3, 0.4) is 0 Å². The van der Waals surface area contributed by atoms with Crippen LogP contribution in [-0.4, -0.2) is 41.7 Å². The van der Waals surface area contributed by atoms with Crippen molar-refractivity contribution in [2.45, 2.75) is 78.3 Å². The molecule has 0 radical (unpaired) electrons. The van der Waals surface area contributed by atoms with E-state index in [4.69, 9.17) is 4.99 Å². The maximum atomic E-state index is 14.1. The Bertz CT molecular complexity index is 1750. The van der Waals surface area contributed by atoms with Gasteiger partial charge in [-0.15, -0.1) is 0 Å². The van der Waals surface area contributed by atoms with Gasteiger partial charge in [0.1, 0.15) is 0 Å². The average molecular weight is 729 g/mol. The molecule has 1 aliphatic carbocycles. The van der Waals surface area contributed by atoms with Crippen LogP contribution in [0.5, 0.6) is 0 Å². The topological polar surface area (TPSA) is 43.7 Å². The molecule has 1 aromatic heterocycles. The van der Waals surface area contributed by atoms with Crippen molar-refractivity contribution >= 4 is 61.2 Å². The molecule has 4 nitrogen and oxygen atoms in total.